The Bertz CT molecular complexity index is 1490. The number of halogens is 5. The summed E-state index contributed by atoms with van der Waals surface area (Å²) >= 11 is 0. The van der Waals surface area contributed by atoms with E-state index in [0.717, 1.165) is 35.1 Å². The van der Waals surface area contributed by atoms with Crippen LogP contribution in [0.5, 0.6) is 0 Å². The van der Waals surface area contributed by atoms with Crippen molar-refractivity contribution in [3.63, 3.8) is 0 Å². The lowest BCUT2D eigenvalue weighted by molar-refractivity contribution is -0.143. The lowest BCUT2D eigenvalue weighted by atomic mass is 9.93. The minimum atomic E-state index is -4.65. The summed E-state index contributed by atoms with van der Waals surface area (Å²) in [6.45, 7) is 5.53. The van der Waals surface area contributed by atoms with Crippen molar-refractivity contribution in [1.29, 1.82) is 0 Å². The number of nitrogens with one attached hydrogen (secondary N) is 2. The predicted molar refractivity (Wildman–Crippen MR) is 143 cm³/mol. The third-order valence-corrected chi connectivity index (χ3v) is 7.12. The van der Waals surface area contributed by atoms with E-state index < -0.39 is 53.0 Å². The number of aromatic nitrogens is 2. The van der Waals surface area contributed by atoms with E-state index in [9.17, 15) is 31.5 Å². The Morgan fingerprint density at radius 2 is 1.76 bits per heavy atom. The molecule has 42 heavy (non-hydrogen) atoms. The maximum absolute atomic E-state index is 14.8. The lowest BCUT2D eigenvalue weighted by Crippen LogP contribution is -2.43. The Morgan fingerprint density at radius 1 is 1.10 bits per heavy atom. The van der Waals surface area contributed by atoms with E-state index >= 15 is 0 Å². The number of fused-ring (bicyclic) bond motifs is 1. The van der Waals surface area contributed by atoms with E-state index in [1.165, 1.54) is 6.92 Å². The van der Waals surface area contributed by atoms with Crippen LogP contribution in [0.1, 0.15) is 51.7 Å². The third-order valence-electron chi connectivity index (χ3n) is 7.12. The summed E-state index contributed by atoms with van der Waals surface area (Å²) in [5.41, 5.74) is 3.18. The average molecular weight is 593 g/mol. The molecule has 0 saturated heterocycles. The van der Waals surface area contributed by atoms with Crippen LogP contribution in [0.2, 0.25) is 0 Å². The molecule has 1 aliphatic heterocycles. The van der Waals surface area contributed by atoms with Gasteiger partial charge in [0, 0.05) is 29.6 Å². The molecule has 0 radical (unpaired) electrons. The van der Waals surface area contributed by atoms with Gasteiger partial charge >= 0.3 is 12.1 Å². The van der Waals surface area contributed by atoms with Crippen molar-refractivity contribution in [2.24, 2.45) is 0 Å². The van der Waals surface area contributed by atoms with Gasteiger partial charge in [0.05, 0.1) is 20.3 Å². The molecule has 0 bridgehead atoms. The Hall–Kier alpha value is -4.13. The van der Waals surface area contributed by atoms with Gasteiger partial charge in [0.15, 0.2) is 5.82 Å². The number of amides is 1. The SMILES string of the molecule is CC[C@@H](Nc1cc(F)c(C(=O)N[C@@H](Cc2ccc(-c3ncc(C)c(C)n3)c3c2COC3)C(=O)OC)c(F)c1)C(F)(F)F. The van der Waals surface area contributed by atoms with E-state index in [2.05, 4.69) is 15.3 Å². The van der Waals surface area contributed by atoms with Crippen molar-refractivity contribution in [3.8, 4) is 11.4 Å². The number of methoxy groups -OCH3 is 1. The monoisotopic (exact) mass is 592 g/mol. The van der Waals surface area contributed by atoms with Gasteiger partial charge in [0.25, 0.3) is 5.91 Å². The van der Waals surface area contributed by atoms with Crippen LogP contribution < -0.4 is 10.6 Å². The number of hydrogen-bond donors (Lipinski definition) is 2. The molecule has 2 aromatic carbocycles. The van der Waals surface area contributed by atoms with Gasteiger partial charge in [-0.2, -0.15) is 13.2 Å². The summed E-state index contributed by atoms with van der Waals surface area (Å²) in [4.78, 5) is 34.5. The first-order chi connectivity index (χ1) is 19.8. The number of rotatable bonds is 9. The average Bonchev–Trinajstić information content (AvgIpc) is 3.42. The standard InChI is InChI=1S/C29H29F5N4O4/c1-5-24(29(32,33)34)37-17-9-21(30)25(22(31)10-17)27(39)38-23(28(40)41-4)8-16-6-7-18(20-13-42-12-19(16)20)26-35-11-14(2)15(3)36-26/h6-7,9-11,23-24,37H,5,8,12-13H2,1-4H3,(H,38,39)/t23-,24+/m0/s1. The molecule has 13 heteroatoms. The van der Waals surface area contributed by atoms with Crippen molar-refractivity contribution in [2.45, 2.75) is 65.1 Å². The molecule has 1 amide bonds. The highest BCUT2D eigenvalue weighted by molar-refractivity contribution is 5.97. The van der Waals surface area contributed by atoms with Gasteiger partial charge in [-0.05, 0) is 54.7 Å². The lowest BCUT2D eigenvalue weighted by Gasteiger charge is -2.22. The zero-order valence-electron chi connectivity index (χ0n) is 23.3. The van der Waals surface area contributed by atoms with Crippen molar-refractivity contribution in [1.82, 2.24) is 15.3 Å². The van der Waals surface area contributed by atoms with Gasteiger partial charge in [0.1, 0.15) is 29.3 Å². The van der Waals surface area contributed by atoms with Gasteiger partial charge in [-0.1, -0.05) is 19.1 Å². The fourth-order valence-electron chi connectivity index (χ4n) is 4.67. The molecule has 224 valence electrons. The molecule has 0 aliphatic carbocycles. The highest BCUT2D eigenvalue weighted by Crippen LogP contribution is 2.33. The van der Waals surface area contributed by atoms with Crippen LogP contribution in [0.25, 0.3) is 11.4 Å². The van der Waals surface area contributed by atoms with Crippen LogP contribution in [0, 0.1) is 25.5 Å². The molecule has 1 aliphatic rings. The minimum absolute atomic E-state index is 0.0925. The van der Waals surface area contributed by atoms with Crippen molar-refractivity contribution < 1.29 is 41.0 Å². The van der Waals surface area contributed by atoms with E-state index in [1.54, 1.807) is 18.3 Å². The van der Waals surface area contributed by atoms with Crippen molar-refractivity contribution >= 4 is 17.6 Å². The Kier molecular flexibility index (Phi) is 9.09. The van der Waals surface area contributed by atoms with E-state index in [-0.39, 0.29) is 26.1 Å². The number of nitrogens with zero attached hydrogens (tertiary/aromatic N) is 2. The molecular weight excluding hydrogens is 563 g/mol. The summed E-state index contributed by atoms with van der Waals surface area (Å²) in [7, 11) is 1.10. The third kappa shape index (κ3) is 6.51. The van der Waals surface area contributed by atoms with Gasteiger partial charge in [-0.25, -0.2) is 23.5 Å². The number of anilines is 1. The van der Waals surface area contributed by atoms with Crippen LogP contribution in [0.15, 0.2) is 30.5 Å². The molecule has 2 heterocycles. The number of carbonyl (C=O) groups is 2. The van der Waals surface area contributed by atoms with Crippen molar-refractivity contribution in [2.75, 3.05) is 12.4 Å². The molecule has 8 nitrogen and oxygen atoms in total. The smallest absolute Gasteiger partial charge is 0.408 e. The van der Waals surface area contributed by atoms with Crippen LogP contribution >= 0.6 is 0 Å². The topological polar surface area (TPSA) is 102 Å². The number of alkyl halides is 3. The number of aryl methyl sites for hydroxylation is 2. The first-order valence-corrected chi connectivity index (χ1v) is 13.1. The van der Waals surface area contributed by atoms with E-state index in [0.29, 0.717) is 23.5 Å². The zero-order valence-corrected chi connectivity index (χ0v) is 23.3. The number of ether oxygens (including phenoxy) is 2. The van der Waals surface area contributed by atoms with Crippen LogP contribution in [0.4, 0.5) is 27.6 Å². The zero-order chi connectivity index (χ0) is 30.8. The minimum Gasteiger partial charge on any atom is -0.467 e. The highest BCUT2D eigenvalue weighted by Gasteiger charge is 2.38. The fourth-order valence-corrected chi connectivity index (χ4v) is 4.67. The number of hydrogen-bond acceptors (Lipinski definition) is 7. The largest absolute Gasteiger partial charge is 0.467 e. The maximum atomic E-state index is 14.8. The first-order valence-electron chi connectivity index (χ1n) is 13.1. The number of esters is 1. The molecule has 2 atom stereocenters. The quantitative estimate of drug-likeness (QED) is 0.256. The molecule has 1 aromatic heterocycles. The molecule has 0 fully saturated rings. The maximum Gasteiger partial charge on any atom is 0.408 e. The van der Waals surface area contributed by atoms with Gasteiger partial charge in [-0.15, -0.1) is 0 Å². The Balaban J connectivity index is 1.59. The number of benzene rings is 2. The van der Waals surface area contributed by atoms with Crippen LogP contribution in [-0.4, -0.2) is 47.2 Å². The van der Waals surface area contributed by atoms with Crippen LogP contribution in [0.3, 0.4) is 0 Å². The Morgan fingerprint density at radius 3 is 2.36 bits per heavy atom. The molecule has 2 N–H and O–H groups in total. The van der Waals surface area contributed by atoms with E-state index in [4.69, 9.17) is 9.47 Å². The fraction of sp³-hybridized carbons (Fsp3) is 0.379. The molecule has 3 aromatic rings. The molecule has 0 saturated carbocycles. The molecule has 0 spiro atoms. The molecule has 0 unspecified atom stereocenters. The Labute approximate surface area is 238 Å². The highest BCUT2D eigenvalue weighted by atomic mass is 19.4. The molecular formula is C29H29F5N4O4. The predicted octanol–water partition coefficient (Wildman–Crippen LogP) is 5.34. The summed E-state index contributed by atoms with van der Waals surface area (Å²) in [5.74, 6) is -4.44. The molecule has 4 rings (SSSR count). The second kappa shape index (κ2) is 12.4. The summed E-state index contributed by atoms with van der Waals surface area (Å²) in [6.07, 6.45) is -3.41. The first kappa shape index (κ1) is 30.8. The second-order valence-electron chi connectivity index (χ2n) is 9.90. The number of carbonyl (C=O) groups excluding carboxylic acids is 2. The van der Waals surface area contributed by atoms with Gasteiger partial charge in [0.2, 0.25) is 0 Å². The second-order valence-corrected chi connectivity index (χ2v) is 9.90. The van der Waals surface area contributed by atoms with Crippen molar-refractivity contribution in [3.05, 3.63) is 75.6 Å². The summed E-state index contributed by atoms with van der Waals surface area (Å²) < 4.78 is 79.4. The summed E-state index contributed by atoms with van der Waals surface area (Å²) in [6, 6.07) is 1.31. The summed E-state index contributed by atoms with van der Waals surface area (Å²) in [5, 5.41) is 4.33. The van der Waals surface area contributed by atoms with Gasteiger partial charge < -0.3 is 20.1 Å². The van der Waals surface area contributed by atoms with E-state index in [1.807, 2.05) is 19.2 Å². The normalized spacial score (nSPS) is 14.2. The van der Waals surface area contributed by atoms with Crippen LogP contribution in [-0.2, 0) is 33.9 Å². The van der Waals surface area contributed by atoms with Gasteiger partial charge in [-0.3, -0.25) is 4.79 Å².